The van der Waals surface area contributed by atoms with Crippen LogP contribution in [-0.2, 0) is 0 Å². The quantitative estimate of drug-likeness (QED) is 0.656. The fourth-order valence-electron chi connectivity index (χ4n) is 1.92. The molecule has 0 radical (unpaired) electrons. The van der Waals surface area contributed by atoms with Crippen molar-refractivity contribution in [3.05, 3.63) is 0 Å². The fraction of sp³-hybridized carbons (Fsp3) is 1.00. The molecule has 0 unspecified atom stereocenters. The van der Waals surface area contributed by atoms with E-state index in [9.17, 15) is 0 Å². The Morgan fingerprint density at radius 3 is 2.45 bits per heavy atom. The van der Waals surface area contributed by atoms with E-state index in [1.807, 2.05) is 7.05 Å². The molecule has 0 heterocycles. The van der Waals surface area contributed by atoms with E-state index in [1.54, 1.807) is 0 Å². The smallest absolute Gasteiger partial charge is 0.00493 e. The third-order valence-electron chi connectivity index (χ3n) is 3.02. The first kappa shape index (κ1) is 9.05. The van der Waals surface area contributed by atoms with Crippen LogP contribution in [-0.4, -0.2) is 13.6 Å². The number of rotatable bonds is 4. The van der Waals surface area contributed by atoms with Crippen molar-refractivity contribution in [2.24, 2.45) is 17.8 Å². The highest BCUT2D eigenvalue weighted by atomic mass is 14.8. The van der Waals surface area contributed by atoms with Crippen LogP contribution in [0.25, 0.3) is 0 Å². The van der Waals surface area contributed by atoms with Crippen molar-refractivity contribution in [2.45, 2.75) is 33.1 Å². The summed E-state index contributed by atoms with van der Waals surface area (Å²) in [5.41, 5.74) is 0. The van der Waals surface area contributed by atoms with Crippen LogP contribution in [0.2, 0.25) is 0 Å². The monoisotopic (exact) mass is 155 g/mol. The summed E-state index contributed by atoms with van der Waals surface area (Å²) in [6, 6.07) is 0. The van der Waals surface area contributed by atoms with Gasteiger partial charge in [0.2, 0.25) is 0 Å². The van der Waals surface area contributed by atoms with Gasteiger partial charge >= 0.3 is 0 Å². The third-order valence-corrected chi connectivity index (χ3v) is 3.02. The lowest BCUT2D eigenvalue weighted by Crippen LogP contribution is -2.29. The molecule has 1 N–H and O–H groups in total. The van der Waals surface area contributed by atoms with Crippen molar-refractivity contribution < 1.29 is 0 Å². The zero-order valence-corrected chi connectivity index (χ0v) is 8.06. The predicted molar refractivity (Wildman–Crippen MR) is 49.6 cm³/mol. The maximum Gasteiger partial charge on any atom is -0.00493 e. The van der Waals surface area contributed by atoms with Crippen LogP contribution in [0, 0.1) is 17.8 Å². The summed E-state index contributed by atoms with van der Waals surface area (Å²) in [5, 5.41) is 3.21. The molecule has 0 spiro atoms. The largest absolute Gasteiger partial charge is 0.320 e. The number of hydrogen-bond acceptors (Lipinski definition) is 1. The average molecular weight is 155 g/mol. The van der Waals surface area contributed by atoms with Crippen molar-refractivity contribution in [2.75, 3.05) is 13.6 Å². The first-order chi connectivity index (χ1) is 5.24. The van der Waals surface area contributed by atoms with E-state index in [0.29, 0.717) is 0 Å². The van der Waals surface area contributed by atoms with Gasteiger partial charge in [0.25, 0.3) is 0 Å². The Kier molecular flexibility index (Phi) is 3.38. The molecule has 0 bridgehead atoms. The summed E-state index contributed by atoms with van der Waals surface area (Å²) in [6.45, 7) is 5.90. The van der Waals surface area contributed by atoms with Gasteiger partial charge in [-0.1, -0.05) is 13.8 Å². The summed E-state index contributed by atoms with van der Waals surface area (Å²) in [6.07, 6.45) is 4.36. The molecule has 0 atom stereocenters. The van der Waals surface area contributed by atoms with Crippen molar-refractivity contribution in [1.29, 1.82) is 0 Å². The average Bonchev–Trinajstić information content (AvgIpc) is 1.84. The molecule has 0 amide bonds. The topological polar surface area (TPSA) is 12.0 Å². The fourth-order valence-corrected chi connectivity index (χ4v) is 1.92. The van der Waals surface area contributed by atoms with Gasteiger partial charge in [-0.05, 0) is 50.6 Å². The minimum absolute atomic E-state index is 0.917. The second-order valence-electron chi connectivity index (χ2n) is 4.23. The van der Waals surface area contributed by atoms with Crippen LogP contribution in [0.3, 0.4) is 0 Å². The molecule has 0 aromatic carbocycles. The van der Waals surface area contributed by atoms with E-state index in [4.69, 9.17) is 0 Å². The minimum Gasteiger partial charge on any atom is -0.320 e. The summed E-state index contributed by atoms with van der Waals surface area (Å²) in [4.78, 5) is 0. The SMILES string of the molecule is CNCCC1CC(C(C)C)C1. The molecule has 1 nitrogen and oxygen atoms in total. The normalized spacial score (nSPS) is 30.5. The lowest BCUT2D eigenvalue weighted by molar-refractivity contribution is 0.134. The van der Waals surface area contributed by atoms with Crippen LogP contribution in [0.15, 0.2) is 0 Å². The van der Waals surface area contributed by atoms with Gasteiger partial charge in [0.1, 0.15) is 0 Å². The number of nitrogens with one attached hydrogen (secondary N) is 1. The molecule has 1 fully saturated rings. The Morgan fingerprint density at radius 2 is 2.00 bits per heavy atom. The summed E-state index contributed by atoms with van der Waals surface area (Å²) in [7, 11) is 2.04. The van der Waals surface area contributed by atoms with Crippen molar-refractivity contribution >= 4 is 0 Å². The van der Waals surface area contributed by atoms with Crippen LogP contribution in [0.4, 0.5) is 0 Å². The van der Waals surface area contributed by atoms with E-state index < -0.39 is 0 Å². The van der Waals surface area contributed by atoms with Gasteiger partial charge in [-0.2, -0.15) is 0 Å². The number of hydrogen-bond donors (Lipinski definition) is 1. The molecule has 1 saturated carbocycles. The lowest BCUT2D eigenvalue weighted by atomic mass is 9.68. The molecule has 1 aliphatic rings. The summed E-state index contributed by atoms with van der Waals surface area (Å²) < 4.78 is 0. The standard InChI is InChI=1S/C10H21N/c1-8(2)10-6-9(7-10)4-5-11-3/h8-11H,4-7H2,1-3H3. The summed E-state index contributed by atoms with van der Waals surface area (Å²) in [5.74, 6) is 2.99. The highest BCUT2D eigenvalue weighted by Crippen LogP contribution is 2.40. The van der Waals surface area contributed by atoms with E-state index in [2.05, 4.69) is 19.2 Å². The Morgan fingerprint density at radius 1 is 1.36 bits per heavy atom. The van der Waals surface area contributed by atoms with Crippen LogP contribution in [0.5, 0.6) is 0 Å². The Labute approximate surface area is 70.6 Å². The Bertz CT molecular complexity index is 103. The van der Waals surface area contributed by atoms with E-state index in [0.717, 1.165) is 17.8 Å². The molecular weight excluding hydrogens is 134 g/mol. The maximum atomic E-state index is 3.21. The second-order valence-corrected chi connectivity index (χ2v) is 4.23. The minimum atomic E-state index is 0.917. The van der Waals surface area contributed by atoms with Gasteiger partial charge < -0.3 is 5.32 Å². The Hall–Kier alpha value is -0.0400. The van der Waals surface area contributed by atoms with E-state index >= 15 is 0 Å². The lowest BCUT2D eigenvalue weighted by Gasteiger charge is -2.38. The molecule has 1 aliphatic carbocycles. The molecule has 0 aromatic rings. The molecule has 1 rings (SSSR count). The predicted octanol–water partition coefficient (Wildman–Crippen LogP) is 2.28. The first-order valence-electron chi connectivity index (χ1n) is 4.88. The van der Waals surface area contributed by atoms with E-state index in [1.165, 1.54) is 25.8 Å². The van der Waals surface area contributed by atoms with Gasteiger partial charge in [0.05, 0.1) is 0 Å². The first-order valence-corrected chi connectivity index (χ1v) is 4.88. The van der Waals surface area contributed by atoms with Crippen LogP contribution < -0.4 is 5.32 Å². The second kappa shape index (κ2) is 4.10. The van der Waals surface area contributed by atoms with Gasteiger partial charge in [0.15, 0.2) is 0 Å². The van der Waals surface area contributed by atoms with Crippen LogP contribution >= 0.6 is 0 Å². The van der Waals surface area contributed by atoms with Gasteiger partial charge in [-0.3, -0.25) is 0 Å². The summed E-state index contributed by atoms with van der Waals surface area (Å²) >= 11 is 0. The van der Waals surface area contributed by atoms with Crippen LogP contribution in [0.1, 0.15) is 33.1 Å². The highest BCUT2D eigenvalue weighted by Gasteiger charge is 2.30. The van der Waals surface area contributed by atoms with Crippen molar-refractivity contribution in [3.8, 4) is 0 Å². The highest BCUT2D eigenvalue weighted by molar-refractivity contribution is 4.81. The maximum absolute atomic E-state index is 3.21. The molecular formula is C10H21N. The van der Waals surface area contributed by atoms with Gasteiger partial charge in [-0.15, -0.1) is 0 Å². The van der Waals surface area contributed by atoms with Gasteiger partial charge in [0, 0.05) is 0 Å². The Balaban J connectivity index is 2.00. The molecule has 1 heteroatoms. The molecule has 66 valence electrons. The zero-order chi connectivity index (χ0) is 8.27. The zero-order valence-electron chi connectivity index (χ0n) is 8.06. The van der Waals surface area contributed by atoms with Gasteiger partial charge in [-0.25, -0.2) is 0 Å². The third kappa shape index (κ3) is 2.48. The van der Waals surface area contributed by atoms with Crippen molar-refractivity contribution in [3.63, 3.8) is 0 Å². The molecule has 0 aliphatic heterocycles. The van der Waals surface area contributed by atoms with E-state index in [-0.39, 0.29) is 0 Å². The molecule has 0 saturated heterocycles. The molecule has 0 aromatic heterocycles. The van der Waals surface area contributed by atoms with Crippen molar-refractivity contribution in [1.82, 2.24) is 5.32 Å². The molecule has 11 heavy (non-hydrogen) atoms.